The molecule has 0 saturated carbocycles. The van der Waals surface area contributed by atoms with Crippen LogP contribution in [0.15, 0.2) is 23.3 Å². The molecule has 1 aliphatic rings. The molecule has 1 aliphatic heterocycles. The van der Waals surface area contributed by atoms with E-state index in [9.17, 15) is 14.4 Å². The first kappa shape index (κ1) is 12.9. The smallest absolute Gasteiger partial charge is 0.227 e. The minimum atomic E-state index is -0.165. The molecule has 96 valence electrons. The summed E-state index contributed by atoms with van der Waals surface area (Å²) in [6.45, 7) is 2.02. The lowest BCUT2D eigenvalue weighted by Crippen LogP contribution is -2.29. The number of carbonyl (C=O) groups excluding carboxylic acids is 2. The lowest BCUT2D eigenvalue weighted by atomic mass is 10.1. The van der Waals surface area contributed by atoms with Crippen molar-refractivity contribution in [2.75, 3.05) is 17.2 Å². The molecule has 0 aromatic carbocycles. The van der Waals surface area contributed by atoms with Crippen LogP contribution in [0.4, 0.5) is 5.69 Å². The number of aromatic nitrogens is 1. The van der Waals surface area contributed by atoms with Crippen molar-refractivity contribution < 1.29 is 9.59 Å². The Balaban J connectivity index is 2.08. The predicted octanol–water partition coefficient (Wildman–Crippen LogP) is 1.01. The van der Waals surface area contributed by atoms with E-state index in [1.165, 1.54) is 35.8 Å². The zero-order valence-corrected chi connectivity index (χ0v) is 10.8. The second kappa shape index (κ2) is 5.39. The van der Waals surface area contributed by atoms with Crippen molar-refractivity contribution in [1.82, 2.24) is 4.98 Å². The maximum absolute atomic E-state index is 11.9. The average Bonchev–Trinajstić information content (AvgIpc) is 2.69. The molecule has 6 heteroatoms. The first-order valence-corrected chi connectivity index (χ1v) is 6.67. The topological polar surface area (TPSA) is 70.2 Å². The number of carbonyl (C=O) groups is 2. The van der Waals surface area contributed by atoms with Crippen molar-refractivity contribution in [3.8, 4) is 0 Å². The summed E-state index contributed by atoms with van der Waals surface area (Å²) in [7, 11) is 0. The first-order valence-electron chi connectivity index (χ1n) is 5.68. The maximum atomic E-state index is 11.9. The number of aromatic amines is 1. The minimum absolute atomic E-state index is 0.0541. The molecule has 0 spiro atoms. The van der Waals surface area contributed by atoms with Crippen LogP contribution in [0.3, 0.4) is 0 Å². The molecule has 1 aromatic heterocycles. The van der Waals surface area contributed by atoms with Crippen molar-refractivity contribution in [3.63, 3.8) is 0 Å². The minimum Gasteiger partial charge on any atom is -0.366 e. The van der Waals surface area contributed by atoms with Gasteiger partial charge in [0.05, 0.1) is 0 Å². The highest BCUT2D eigenvalue weighted by Crippen LogP contribution is 2.25. The van der Waals surface area contributed by atoms with Gasteiger partial charge in [-0.2, -0.15) is 0 Å². The maximum Gasteiger partial charge on any atom is 0.227 e. The van der Waals surface area contributed by atoms with Gasteiger partial charge in [-0.15, -0.1) is 0 Å². The fourth-order valence-electron chi connectivity index (χ4n) is 1.98. The monoisotopic (exact) mass is 266 g/mol. The predicted molar refractivity (Wildman–Crippen MR) is 70.7 cm³/mol. The zero-order chi connectivity index (χ0) is 13.1. The summed E-state index contributed by atoms with van der Waals surface area (Å²) < 4.78 is 0. The summed E-state index contributed by atoms with van der Waals surface area (Å²) in [6.07, 6.45) is 3.48. The van der Waals surface area contributed by atoms with Crippen molar-refractivity contribution in [2.24, 2.45) is 5.92 Å². The third kappa shape index (κ3) is 2.81. The van der Waals surface area contributed by atoms with Gasteiger partial charge in [-0.25, -0.2) is 0 Å². The van der Waals surface area contributed by atoms with Gasteiger partial charge in [0.25, 0.3) is 0 Å². The van der Waals surface area contributed by atoms with E-state index in [0.29, 0.717) is 24.4 Å². The molecule has 1 saturated heterocycles. The van der Waals surface area contributed by atoms with E-state index in [1.807, 2.05) is 0 Å². The molecular weight excluding hydrogens is 252 g/mol. The van der Waals surface area contributed by atoms with Crippen LogP contribution < -0.4 is 10.3 Å². The van der Waals surface area contributed by atoms with Crippen LogP contribution in [0.25, 0.3) is 0 Å². The fourth-order valence-corrected chi connectivity index (χ4v) is 2.67. The lowest BCUT2D eigenvalue weighted by molar-refractivity contribution is -0.117. The molecule has 1 N–H and O–H groups in total. The van der Waals surface area contributed by atoms with Gasteiger partial charge in [0.15, 0.2) is 5.12 Å². The second-order valence-electron chi connectivity index (χ2n) is 4.27. The van der Waals surface area contributed by atoms with Gasteiger partial charge in [-0.1, -0.05) is 11.8 Å². The highest BCUT2D eigenvalue weighted by molar-refractivity contribution is 8.13. The van der Waals surface area contributed by atoms with E-state index in [-0.39, 0.29) is 22.4 Å². The van der Waals surface area contributed by atoms with Crippen LogP contribution >= 0.6 is 11.8 Å². The molecule has 1 unspecified atom stereocenters. The van der Waals surface area contributed by atoms with E-state index in [0.717, 1.165) is 0 Å². The molecule has 0 aliphatic carbocycles. The molecule has 2 rings (SSSR count). The number of rotatable bonds is 3. The number of nitrogens with zero attached hydrogens (tertiary/aromatic N) is 1. The summed E-state index contributed by atoms with van der Waals surface area (Å²) in [4.78, 5) is 38.7. The summed E-state index contributed by atoms with van der Waals surface area (Å²) in [5.74, 6) is 0.703. The van der Waals surface area contributed by atoms with Crippen molar-refractivity contribution in [3.05, 3.63) is 28.7 Å². The van der Waals surface area contributed by atoms with Gasteiger partial charge in [0.2, 0.25) is 11.3 Å². The van der Waals surface area contributed by atoms with Crippen LogP contribution in [0, 0.1) is 5.92 Å². The second-order valence-corrected chi connectivity index (χ2v) is 5.47. The normalized spacial score (nSPS) is 19.3. The molecule has 1 fully saturated rings. The Kier molecular flexibility index (Phi) is 3.86. The van der Waals surface area contributed by atoms with Crippen LogP contribution in [0.1, 0.15) is 13.3 Å². The summed E-state index contributed by atoms with van der Waals surface area (Å²) in [5, 5.41) is 0.0541. The number of nitrogens with one attached hydrogen (secondary N) is 1. The van der Waals surface area contributed by atoms with Gasteiger partial charge in [-0.3, -0.25) is 14.4 Å². The number of amides is 1. The Bertz CT molecular complexity index is 526. The van der Waals surface area contributed by atoms with E-state index in [1.54, 1.807) is 6.20 Å². The van der Waals surface area contributed by atoms with Crippen molar-refractivity contribution >= 4 is 28.5 Å². The number of anilines is 1. The SMILES string of the molecule is CC(=O)SCC1CC(=O)N(c2c[nH]ccc2=O)C1. The molecule has 5 nitrogen and oxygen atoms in total. The van der Waals surface area contributed by atoms with Gasteiger partial charge in [0.1, 0.15) is 5.69 Å². The number of thioether (sulfide) groups is 1. The average molecular weight is 266 g/mol. The number of H-pyrrole nitrogens is 1. The zero-order valence-electron chi connectivity index (χ0n) is 10.0. The fraction of sp³-hybridized carbons (Fsp3) is 0.417. The van der Waals surface area contributed by atoms with E-state index in [2.05, 4.69) is 4.98 Å². The Morgan fingerprint density at radius 1 is 1.56 bits per heavy atom. The molecular formula is C12H14N2O3S. The molecule has 1 amide bonds. The number of pyridine rings is 1. The first-order chi connectivity index (χ1) is 8.58. The Labute approximate surface area is 109 Å². The molecule has 0 radical (unpaired) electrons. The van der Waals surface area contributed by atoms with Gasteiger partial charge >= 0.3 is 0 Å². The summed E-state index contributed by atoms with van der Waals surface area (Å²) in [5.41, 5.74) is 0.222. The largest absolute Gasteiger partial charge is 0.366 e. The standard InChI is InChI=1S/C12H14N2O3S/c1-8(15)18-7-9-4-12(17)14(6-9)10-5-13-3-2-11(10)16/h2-3,5,9H,4,6-7H2,1H3,(H,13,16). The number of hydrogen-bond acceptors (Lipinski definition) is 4. The van der Waals surface area contributed by atoms with Gasteiger partial charge in [0, 0.05) is 44.1 Å². The summed E-state index contributed by atoms with van der Waals surface area (Å²) in [6, 6.07) is 1.40. The van der Waals surface area contributed by atoms with Gasteiger partial charge in [-0.05, 0) is 5.92 Å². The summed E-state index contributed by atoms with van der Waals surface area (Å²) >= 11 is 1.23. The van der Waals surface area contributed by atoms with E-state index >= 15 is 0 Å². The molecule has 0 bridgehead atoms. The third-order valence-corrected chi connectivity index (χ3v) is 3.87. The molecule has 1 atom stereocenters. The third-order valence-electron chi connectivity index (χ3n) is 2.82. The Morgan fingerprint density at radius 2 is 2.33 bits per heavy atom. The van der Waals surface area contributed by atoms with Crippen LogP contribution in [-0.4, -0.2) is 28.3 Å². The quantitative estimate of drug-likeness (QED) is 0.886. The van der Waals surface area contributed by atoms with E-state index in [4.69, 9.17) is 0 Å². The Hall–Kier alpha value is -1.56. The highest BCUT2D eigenvalue weighted by atomic mass is 32.2. The Morgan fingerprint density at radius 3 is 3.00 bits per heavy atom. The van der Waals surface area contributed by atoms with Crippen LogP contribution in [0.5, 0.6) is 0 Å². The van der Waals surface area contributed by atoms with Crippen LogP contribution in [0.2, 0.25) is 0 Å². The molecule has 2 heterocycles. The van der Waals surface area contributed by atoms with Crippen LogP contribution in [-0.2, 0) is 9.59 Å². The molecule has 18 heavy (non-hydrogen) atoms. The van der Waals surface area contributed by atoms with Gasteiger partial charge < -0.3 is 9.88 Å². The number of hydrogen-bond donors (Lipinski definition) is 1. The lowest BCUT2D eigenvalue weighted by Gasteiger charge is -2.15. The highest BCUT2D eigenvalue weighted by Gasteiger charge is 2.31. The van der Waals surface area contributed by atoms with E-state index < -0.39 is 0 Å². The van der Waals surface area contributed by atoms with Crippen molar-refractivity contribution in [1.29, 1.82) is 0 Å². The molecule has 1 aromatic rings. The van der Waals surface area contributed by atoms with Crippen molar-refractivity contribution in [2.45, 2.75) is 13.3 Å².